The predicted molar refractivity (Wildman–Crippen MR) is 74.3 cm³/mol. The Morgan fingerprint density at radius 1 is 1.35 bits per heavy atom. The van der Waals surface area contributed by atoms with E-state index in [1.54, 1.807) is 20.8 Å². The highest BCUT2D eigenvalue weighted by molar-refractivity contribution is 8.15. The molecule has 0 aliphatic carbocycles. The summed E-state index contributed by atoms with van der Waals surface area (Å²) in [6.07, 6.45) is 0.285. The number of carbonyl (C=O) groups excluding carboxylic acids is 3. The van der Waals surface area contributed by atoms with E-state index in [0.29, 0.717) is 0 Å². The first-order valence-electron chi connectivity index (χ1n) is 6.35. The standard InChI is InChI=1S/C12H18N2O5S/c1-4-18-10(16)9(11(17)19-5-2)20-12-13-7(3)6-8(15)14-12/h7,9H,4-6H2,1-3H3,(H,13,14,15)/t7-/m0/s1. The van der Waals surface area contributed by atoms with Crippen molar-refractivity contribution in [2.75, 3.05) is 13.2 Å². The Bertz CT molecular complexity index is 406. The van der Waals surface area contributed by atoms with Crippen LogP contribution in [-0.4, -0.2) is 47.5 Å². The molecule has 1 atom stereocenters. The lowest BCUT2D eigenvalue weighted by Crippen LogP contribution is -2.40. The second-order valence-corrected chi connectivity index (χ2v) is 5.13. The Hall–Kier alpha value is -1.57. The average Bonchev–Trinajstić information content (AvgIpc) is 2.35. The van der Waals surface area contributed by atoms with Gasteiger partial charge in [0.2, 0.25) is 11.2 Å². The van der Waals surface area contributed by atoms with Crippen LogP contribution in [0.4, 0.5) is 0 Å². The molecule has 1 rings (SSSR count). The highest BCUT2D eigenvalue weighted by Gasteiger charge is 2.33. The molecule has 0 spiro atoms. The molecule has 0 aromatic heterocycles. The topological polar surface area (TPSA) is 94.1 Å². The first-order chi connectivity index (χ1) is 9.47. The van der Waals surface area contributed by atoms with Crippen LogP contribution in [0.1, 0.15) is 27.2 Å². The molecule has 0 radical (unpaired) electrons. The van der Waals surface area contributed by atoms with Crippen molar-refractivity contribution >= 4 is 34.8 Å². The van der Waals surface area contributed by atoms with Crippen molar-refractivity contribution in [1.29, 1.82) is 0 Å². The molecule has 0 fully saturated rings. The summed E-state index contributed by atoms with van der Waals surface area (Å²) in [6, 6.07) is -0.184. The SMILES string of the molecule is CCOC(=O)C(SC1=N[C@@H](C)CC(=O)N1)C(=O)OCC. The van der Waals surface area contributed by atoms with Gasteiger partial charge in [-0.3, -0.25) is 19.4 Å². The average molecular weight is 302 g/mol. The zero-order valence-corrected chi connectivity index (χ0v) is 12.5. The van der Waals surface area contributed by atoms with E-state index in [1.165, 1.54) is 0 Å². The van der Waals surface area contributed by atoms with Crippen molar-refractivity contribution < 1.29 is 23.9 Å². The fraction of sp³-hybridized carbons (Fsp3) is 0.667. The predicted octanol–water partition coefficient (Wildman–Crippen LogP) is 0.479. The van der Waals surface area contributed by atoms with E-state index in [4.69, 9.17) is 9.47 Å². The van der Waals surface area contributed by atoms with Crippen LogP contribution in [0, 0.1) is 0 Å². The zero-order chi connectivity index (χ0) is 15.1. The first-order valence-corrected chi connectivity index (χ1v) is 7.23. The maximum Gasteiger partial charge on any atom is 0.331 e. The van der Waals surface area contributed by atoms with E-state index in [-0.39, 0.29) is 36.8 Å². The van der Waals surface area contributed by atoms with Crippen molar-refractivity contribution in [2.45, 2.75) is 38.5 Å². The molecular formula is C12H18N2O5S. The zero-order valence-electron chi connectivity index (χ0n) is 11.7. The number of hydrogen-bond acceptors (Lipinski definition) is 7. The summed E-state index contributed by atoms with van der Waals surface area (Å²) in [7, 11) is 0. The van der Waals surface area contributed by atoms with Gasteiger partial charge in [-0.05, 0) is 20.8 Å². The minimum absolute atomic E-state index is 0.157. The lowest BCUT2D eigenvalue weighted by Gasteiger charge is -2.20. The quantitative estimate of drug-likeness (QED) is 0.586. The van der Waals surface area contributed by atoms with Crippen molar-refractivity contribution in [3.05, 3.63) is 0 Å². The van der Waals surface area contributed by atoms with Gasteiger partial charge in [0.15, 0.2) is 5.17 Å². The summed E-state index contributed by atoms with van der Waals surface area (Å²) in [6.45, 7) is 5.39. The molecule has 1 amide bonds. The molecule has 1 heterocycles. The molecule has 1 N–H and O–H groups in total. The third-order valence-corrected chi connectivity index (χ3v) is 3.35. The molecular weight excluding hydrogens is 284 g/mol. The van der Waals surface area contributed by atoms with Crippen LogP contribution in [0.15, 0.2) is 4.99 Å². The van der Waals surface area contributed by atoms with Gasteiger partial charge >= 0.3 is 11.9 Å². The van der Waals surface area contributed by atoms with Crippen LogP contribution in [0.25, 0.3) is 0 Å². The number of esters is 2. The number of ether oxygens (including phenoxy) is 2. The largest absolute Gasteiger partial charge is 0.465 e. The fourth-order valence-corrected chi connectivity index (χ4v) is 2.48. The third kappa shape index (κ3) is 4.84. The number of nitrogens with one attached hydrogen (secondary N) is 1. The lowest BCUT2D eigenvalue weighted by atomic mass is 10.2. The Kier molecular flexibility index (Phi) is 6.50. The van der Waals surface area contributed by atoms with Crippen LogP contribution in [-0.2, 0) is 23.9 Å². The van der Waals surface area contributed by atoms with Gasteiger partial charge in [-0.25, -0.2) is 0 Å². The summed E-state index contributed by atoms with van der Waals surface area (Å²) in [4.78, 5) is 39.2. The van der Waals surface area contributed by atoms with Crippen molar-refractivity contribution in [3.63, 3.8) is 0 Å². The fourth-order valence-electron chi connectivity index (χ4n) is 1.52. The summed E-state index contributed by atoms with van der Waals surface area (Å²) in [5.74, 6) is -1.60. The van der Waals surface area contributed by atoms with E-state index in [2.05, 4.69) is 10.3 Å². The normalized spacial score (nSPS) is 18.3. The first kappa shape index (κ1) is 16.5. The second kappa shape index (κ2) is 7.88. The Morgan fingerprint density at radius 3 is 2.35 bits per heavy atom. The minimum Gasteiger partial charge on any atom is -0.465 e. The summed E-state index contributed by atoms with van der Waals surface area (Å²) in [5.41, 5.74) is 0. The van der Waals surface area contributed by atoms with E-state index < -0.39 is 17.2 Å². The second-order valence-electron chi connectivity index (χ2n) is 4.04. The number of amidine groups is 1. The van der Waals surface area contributed by atoms with Gasteiger partial charge in [-0.2, -0.15) is 0 Å². The molecule has 1 aliphatic rings. The van der Waals surface area contributed by atoms with E-state index in [0.717, 1.165) is 11.8 Å². The maximum atomic E-state index is 11.8. The van der Waals surface area contributed by atoms with Crippen molar-refractivity contribution in [3.8, 4) is 0 Å². The number of thioether (sulfide) groups is 1. The lowest BCUT2D eigenvalue weighted by molar-refractivity contribution is -0.152. The van der Waals surface area contributed by atoms with Crippen molar-refractivity contribution in [2.24, 2.45) is 4.99 Å². The van der Waals surface area contributed by atoms with Crippen LogP contribution >= 0.6 is 11.8 Å². The Morgan fingerprint density at radius 2 is 1.90 bits per heavy atom. The van der Waals surface area contributed by atoms with E-state index in [9.17, 15) is 14.4 Å². The Labute approximate surface area is 121 Å². The van der Waals surface area contributed by atoms with Crippen molar-refractivity contribution in [1.82, 2.24) is 5.32 Å². The number of carbonyl (C=O) groups is 3. The van der Waals surface area contributed by atoms with Crippen LogP contribution < -0.4 is 5.32 Å². The van der Waals surface area contributed by atoms with E-state index in [1.807, 2.05) is 0 Å². The molecule has 0 saturated heterocycles. The van der Waals surface area contributed by atoms with Gasteiger partial charge in [-0.1, -0.05) is 11.8 Å². The molecule has 8 heteroatoms. The molecule has 20 heavy (non-hydrogen) atoms. The molecule has 0 aromatic carbocycles. The maximum absolute atomic E-state index is 11.8. The van der Waals surface area contributed by atoms with Gasteiger partial charge in [0.1, 0.15) is 0 Å². The van der Waals surface area contributed by atoms with Gasteiger partial charge in [0.05, 0.1) is 19.3 Å². The van der Waals surface area contributed by atoms with Crippen LogP contribution in [0.3, 0.4) is 0 Å². The van der Waals surface area contributed by atoms with Crippen LogP contribution in [0.5, 0.6) is 0 Å². The van der Waals surface area contributed by atoms with Gasteiger partial charge in [0, 0.05) is 6.42 Å². The molecule has 112 valence electrons. The van der Waals surface area contributed by atoms with Gasteiger partial charge in [-0.15, -0.1) is 0 Å². The molecule has 1 aliphatic heterocycles. The molecule has 0 saturated carbocycles. The summed E-state index contributed by atoms with van der Waals surface area (Å²) >= 11 is 0.838. The monoisotopic (exact) mass is 302 g/mol. The number of amides is 1. The molecule has 7 nitrogen and oxygen atoms in total. The Balaban J connectivity index is 2.80. The van der Waals surface area contributed by atoms with E-state index >= 15 is 0 Å². The minimum atomic E-state index is -1.18. The summed E-state index contributed by atoms with van der Waals surface area (Å²) in [5, 5.41) is 1.58. The highest BCUT2D eigenvalue weighted by atomic mass is 32.2. The number of rotatable bonds is 5. The van der Waals surface area contributed by atoms with Crippen LogP contribution in [0.2, 0.25) is 0 Å². The summed E-state index contributed by atoms with van der Waals surface area (Å²) < 4.78 is 9.68. The third-order valence-electron chi connectivity index (χ3n) is 2.30. The van der Waals surface area contributed by atoms with Gasteiger partial charge < -0.3 is 14.8 Å². The molecule has 0 bridgehead atoms. The number of nitrogens with zero attached hydrogens (tertiary/aromatic N) is 1. The number of hydrogen-bond donors (Lipinski definition) is 1. The highest BCUT2D eigenvalue weighted by Crippen LogP contribution is 2.19. The van der Waals surface area contributed by atoms with Gasteiger partial charge in [0.25, 0.3) is 0 Å². The molecule has 0 unspecified atom stereocenters. The smallest absolute Gasteiger partial charge is 0.331 e. The number of aliphatic imine (C=N–C) groups is 1. The molecule has 0 aromatic rings.